The summed E-state index contributed by atoms with van der Waals surface area (Å²) in [5.74, 6) is 1.45. The van der Waals surface area contributed by atoms with Crippen LogP contribution in [0.5, 0.6) is 17.2 Å². The molecule has 0 fully saturated rings. The van der Waals surface area contributed by atoms with Gasteiger partial charge in [0.15, 0.2) is 16.3 Å². The van der Waals surface area contributed by atoms with Crippen molar-refractivity contribution in [2.45, 2.75) is 13.0 Å². The summed E-state index contributed by atoms with van der Waals surface area (Å²) in [5.41, 5.74) is 2.83. The molecule has 0 spiro atoms. The first-order valence-corrected chi connectivity index (χ1v) is 13.0. The molecule has 39 heavy (non-hydrogen) atoms. The highest BCUT2D eigenvalue weighted by molar-refractivity contribution is 7.07. The van der Waals surface area contributed by atoms with Gasteiger partial charge in [-0.2, -0.15) is 0 Å². The fraction of sp³-hybridized carbons (Fsp3) is 0.167. The summed E-state index contributed by atoms with van der Waals surface area (Å²) in [6.45, 7) is 1.79. The van der Waals surface area contributed by atoms with Crippen LogP contribution in [0.1, 0.15) is 24.1 Å². The minimum atomic E-state index is -0.701. The van der Waals surface area contributed by atoms with Crippen molar-refractivity contribution in [2.75, 3.05) is 26.6 Å². The summed E-state index contributed by atoms with van der Waals surface area (Å²) in [4.78, 5) is 32.8. The van der Waals surface area contributed by atoms with E-state index in [-0.39, 0.29) is 11.5 Å². The number of nitrogens with one attached hydrogen (secondary N) is 1. The molecule has 5 rings (SSSR count). The van der Waals surface area contributed by atoms with Crippen LogP contribution in [-0.2, 0) is 4.79 Å². The predicted octanol–water partition coefficient (Wildman–Crippen LogP) is 3.90. The van der Waals surface area contributed by atoms with Crippen molar-refractivity contribution in [1.29, 1.82) is 0 Å². The summed E-state index contributed by atoms with van der Waals surface area (Å²) in [7, 11) is 4.72. The van der Waals surface area contributed by atoms with E-state index in [1.165, 1.54) is 11.3 Å². The van der Waals surface area contributed by atoms with Crippen LogP contribution < -0.4 is 34.4 Å². The van der Waals surface area contributed by atoms with E-state index < -0.39 is 6.04 Å². The summed E-state index contributed by atoms with van der Waals surface area (Å²) >= 11 is 1.27. The third-order valence-corrected chi connectivity index (χ3v) is 7.40. The maximum atomic E-state index is 13.9. The van der Waals surface area contributed by atoms with Crippen LogP contribution in [0.15, 0.2) is 93.9 Å². The van der Waals surface area contributed by atoms with E-state index >= 15 is 0 Å². The van der Waals surface area contributed by atoms with Gasteiger partial charge < -0.3 is 19.5 Å². The minimum absolute atomic E-state index is 0.251. The van der Waals surface area contributed by atoms with Gasteiger partial charge in [-0.3, -0.25) is 14.2 Å². The Labute approximate surface area is 229 Å². The summed E-state index contributed by atoms with van der Waals surface area (Å²) < 4.78 is 18.3. The third kappa shape index (κ3) is 5.08. The number of hydrogen-bond acceptors (Lipinski definition) is 7. The molecule has 3 aromatic carbocycles. The molecule has 0 saturated heterocycles. The number of rotatable bonds is 7. The van der Waals surface area contributed by atoms with E-state index in [9.17, 15) is 9.59 Å². The number of amides is 1. The second-order valence-corrected chi connectivity index (χ2v) is 9.80. The first kappa shape index (κ1) is 26.0. The van der Waals surface area contributed by atoms with Crippen molar-refractivity contribution in [3.63, 3.8) is 0 Å². The molecule has 0 unspecified atom stereocenters. The lowest BCUT2D eigenvalue weighted by Crippen LogP contribution is -2.40. The highest BCUT2D eigenvalue weighted by Gasteiger charge is 2.32. The van der Waals surface area contributed by atoms with Gasteiger partial charge in [0.2, 0.25) is 0 Å². The predicted molar refractivity (Wildman–Crippen MR) is 151 cm³/mol. The monoisotopic (exact) mass is 541 g/mol. The molecule has 0 radical (unpaired) electrons. The molecule has 1 aliphatic rings. The average molecular weight is 542 g/mol. The molecule has 1 aromatic heterocycles. The van der Waals surface area contributed by atoms with Gasteiger partial charge in [0, 0.05) is 5.69 Å². The molecule has 0 bridgehead atoms. The molecular weight excluding hydrogens is 514 g/mol. The first-order valence-electron chi connectivity index (χ1n) is 12.2. The standard InChI is InChI=1S/C30H27N3O5S/c1-18-26(28(34)32-21-10-6-5-7-11-21)27(20-9-8-12-22(17-20)36-2)33-29(35)25(39-30(33)31-18)16-19-13-14-23(37-3)24(15-19)38-4/h5-17,27H,1-4H3,(H,32,34)/b25-16-/t27-/m0/s1. The Morgan fingerprint density at radius 2 is 1.72 bits per heavy atom. The lowest BCUT2D eigenvalue weighted by Gasteiger charge is -2.25. The molecular formula is C30H27N3O5S. The highest BCUT2D eigenvalue weighted by Crippen LogP contribution is 2.32. The van der Waals surface area contributed by atoms with Gasteiger partial charge in [-0.25, -0.2) is 4.99 Å². The normalized spacial score (nSPS) is 14.9. The van der Waals surface area contributed by atoms with Crippen molar-refractivity contribution >= 4 is 29.0 Å². The van der Waals surface area contributed by atoms with Gasteiger partial charge in [-0.15, -0.1) is 0 Å². The lowest BCUT2D eigenvalue weighted by molar-refractivity contribution is -0.113. The van der Waals surface area contributed by atoms with Gasteiger partial charge >= 0.3 is 0 Å². The van der Waals surface area contributed by atoms with E-state index in [0.29, 0.717) is 43.5 Å². The zero-order chi connectivity index (χ0) is 27.5. The molecule has 1 aliphatic heterocycles. The smallest absolute Gasteiger partial charge is 0.271 e. The maximum absolute atomic E-state index is 13.9. The van der Waals surface area contributed by atoms with E-state index in [4.69, 9.17) is 19.2 Å². The number of fused-ring (bicyclic) bond motifs is 1. The van der Waals surface area contributed by atoms with Crippen molar-refractivity contribution in [2.24, 2.45) is 4.99 Å². The Balaban J connectivity index is 1.67. The van der Waals surface area contributed by atoms with Crippen LogP contribution in [-0.4, -0.2) is 31.8 Å². The fourth-order valence-corrected chi connectivity index (χ4v) is 5.60. The van der Waals surface area contributed by atoms with E-state index in [1.807, 2.05) is 60.7 Å². The van der Waals surface area contributed by atoms with Crippen molar-refractivity contribution in [3.8, 4) is 17.2 Å². The van der Waals surface area contributed by atoms with Crippen LogP contribution in [0.4, 0.5) is 5.69 Å². The minimum Gasteiger partial charge on any atom is -0.497 e. The number of methoxy groups -OCH3 is 3. The quantitative estimate of drug-likeness (QED) is 0.383. The second-order valence-electron chi connectivity index (χ2n) is 8.79. The van der Waals surface area contributed by atoms with Gasteiger partial charge in [0.1, 0.15) is 5.75 Å². The SMILES string of the molecule is COc1cccc([C@H]2C(C(=O)Nc3ccccc3)=C(C)N=c3s/c(=C\c4ccc(OC)c(OC)c4)c(=O)n32)c1. The zero-order valence-corrected chi connectivity index (χ0v) is 22.7. The number of anilines is 1. The third-order valence-electron chi connectivity index (χ3n) is 6.41. The summed E-state index contributed by atoms with van der Waals surface area (Å²) in [6, 6.07) is 21.3. The average Bonchev–Trinajstić information content (AvgIpc) is 3.26. The van der Waals surface area contributed by atoms with Crippen molar-refractivity contribution < 1.29 is 19.0 Å². The molecule has 1 atom stereocenters. The van der Waals surface area contributed by atoms with Crippen molar-refractivity contribution in [1.82, 2.24) is 4.57 Å². The molecule has 198 valence electrons. The molecule has 4 aromatic rings. The van der Waals surface area contributed by atoms with Crippen LogP contribution in [0.3, 0.4) is 0 Å². The largest absolute Gasteiger partial charge is 0.497 e. The van der Waals surface area contributed by atoms with Gasteiger partial charge in [-0.05, 0) is 60.5 Å². The van der Waals surface area contributed by atoms with E-state index in [0.717, 1.165) is 11.1 Å². The summed E-state index contributed by atoms with van der Waals surface area (Å²) in [5, 5.41) is 2.96. The number of carbonyl (C=O) groups is 1. The number of benzene rings is 3. The molecule has 9 heteroatoms. The van der Waals surface area contributed by atoms with Crippen LogP contribution in [0.25, 0.3) is 6.08 Å². The Bertz CT molecular complexity index is 1760. The lowest BCUT2D eigenvalue weighted by atomic mass is 9.95. The number of allylic oxidation sites excluding steroid dienone is 1. The number of aromatic nitrogens is 1. The Morgan fingerprint density at radius 1 is 0.949 bits per heavy atom. The first-order chi connectivity index (χ1) is 18.9. The maximum Gasteiger partial charge on any atom is 0.271 e. The number of ether oxygens (including phenoxy) is 3. The molecule has 2 heterocycles. The Hall–Kier alpha value is -4.63. The van der Waals surface area contributed by atoms with Crippen LogP contribution in [0.2, 0.25) is 0 Å². The fourth-order valence-electron chi connectivity index (χ4n) is 4.55. The number of hydrogen-bond donors (Lipinski definition) is 1. The molecule has 0 saturated carbocycles. The number of thiazole rings is 1. The zero-order valence-electron chi connectivity index (χ0n) is 21.9. The highest BCUT2D eigenvalue weighted by atomic mass is 32.1. The topological polar surface area (TPSA) is 91.2 Å². The molecule has 8 nitrogen and oxygen atoms in total. The van der Waals surface area contributed by atoms with E-state index in [1.54, 1.807) is 51.0 Å². The van der Waals surface area contributed by atoms with Gasteiger partial charge in [-0.1, -0.05) is 47.7 Å². The van der Waals surface area contributed by atoms with Gasteiger partial charge in [0.25, 0.3) is 11.5 Å². The second kappa shape index (κ2) is 11.0. The Kier molecular flexibility index (Phi) is 7.33. The Morgan fingerprint density at radius 3 is 2.44 bits per heavy atom. The van der Waals surface area contributed by atoms with Crippen LogP contribution >= 0.6 is 11.3 Å². The number of nitrogens with zero attached hydrogens (tertiary/aromatic N) is 2. The van der Waals surface area contributed by atoms with Crippen molar-refractivity contribution in [3.05, 3.63) is 115 Å². The van der Waals surface area contributed by atoms with E-state index in [2.05, 4.69) is 5.32 Å². The number of carbonyl (C=O) groups excluding carboxylic acids is 1. The molecule has 0 aliphatic carbocycles. The molecule has 1 N–H and O–H groups in total. The van der Waals surface area contributed by atoms with Gasteiger partial charge in [0.05, 0.1) is 43.2 Å². The summed E-state index contributed by atoms with van der Waals surface area (Å²) in [6.07, 6.45) is 1.79. The number of para-hydroxylation sites is 1. The van der Waals surface area contributed by atoms with Crippen LogP contribution in [0, 0.1) is 0 Å². The molecule has 1 amide bonds.